The van der Waals surface area contributed by atoms with Crippen molar-refractivity contribution in [2.75, 3.05) is 0 Å². The monoisotopic (exact) mass is 404 g/mol. The van der Waals surface area contributed by atoms with Gasteiger partial charge >= 0.3 is 0 Å². The first kappa shape index (κ1) is 19.6. The van der Waals surface area contributed by atoms with Crippen molar-refractivity contribution in [3.63, 3.8) is 0 Å². The number of halogens is 1. The van der Waals surface area contributed by atoms with Gasteiger partial charge in [-0.25, -0.2) is 9.37 Å². The maximum absolute atomic E-state index is 13.7. The Morgan fingerprint density at radius 1 is 1.33 bits per heavy atom. The Labute approximate surface area is 166 Å². The van der Waals surface area contributed by atoms with Gasteiger partial charge in [0.25, 0.3) is 0 Å². The zero-order chi connectivity index (χ0) is 19.1. The van der Waals surface area contributed by atoms with Crippen molar-refractivity contribution < 1.29 is 9.13 Å². The summed E-state index contributed by atoms with van der Waals surface area (Å²) in [7, 11) is 0. The van der Waals surface area contributed by atoms with Crippen molar-refractivity contribution in [2.24, 2.45) is 0 Å². The average Bonchev–Trinajstić information content (AvgIpc) is 3.27. The lowest BCUT2D eigenvalue weighted by atomic mass is 10.3. The van der Waals surface area contributed by atoms with Crippen molar-refractivity contribution in [1.82, 2.24) is 19.7 Å². The lowest BCUT2D eigenvalue weighted by Gasteiger charge is -2.09. The molecular weight excluding hydrogens is 383 g/mol. The summed E-state index contributed by atoms with van der Waals surface area (Å²) < 4.78 is 21.2. The molecule has 0 fully saturated rings. The third-order valence-electron chi connectivity index (χ3n) is 3.71. The van der Waals surface area contributed by atoms with E-state index < -0.39 is 5.82 Å². The molecule has 0 unspecified atom stereocenters. The molecule has 27 heavy (non-hydrogen) atoms. The molecule has 0 aliphatic carbocycles. The van der Waals surface area contributed by atoms with Crippen LogP contribution >= 0.6 is 23.1 Å². The molecule has 0 atom stereocenters. The lowest BCUT2D eigenvalue weighted by molar-refractivity contribution is 0.275. The number of aromatic nitrogens is 4. The predicted molar refractivity (Wildman–Crippen MR) is 107 cm³/mol. The second-order valence-corrected chi connectivity index (χ2v) is 7.67. The molecule has 0 bridgehead atoms. The Morgan fingerprint density at radius 3 is 2.96 bits per heavy atom. The van der Waals surface area contributed by atoms with E-state index in [4.69, 9.17) is 4.74 Å². The predicted octanol–water partition coefficient (Wildman–Crippen LogP) is 4.88. The van der Waals surface area contributed by atoms with Crippen LogP contribution in [0.4, 0.5) is 4.39 Å². The van der Waals surface area contributed by atoms with E-state index in [-0.39, 0.29) is 12.4 Å². The van der Waals surface area contributed by atoms with Gasteiger partial charge in [-0.1, -0.05) is 36.9 Å². The Kier molecular flexibility index (Phi) is 7.00. The molecule has 3 rings (SSSR count). The fourth-order valence-electron chi connectivity index (χ4n) is 2.43. The molecular formula is C19H21FN4OS2. The standard InChI is InChI=1S/C19H21FN4OS2/c1-3-7-18-21-14(12-26-18)13-27-19-23-22-17(24(19)10-4-2)11-25-16-9-6-5-8-15(16)20/h4-6,8-9,12H,2-3,7,10-11,13H2,1H3. The summed E-state index contributed by atoms with van der Waals surface area (Å²) in [4.78, 5) is 4.64. The molecule has 0 aliphatic rings. The number of nitrogens with zero attached hydrogens (tertiary/aromatic N) is 4. The van der Waals surface area contributed by atoms with Crippen molar-refractivity contribution in [2.45, 2.75) is 43.8 Å². The van der Waals surface area contributed by atoms with E-state index in [0.717, 1.165) is 29.4 Å². The van der Waals surface area contributed by atoms with Crippen molar-refractivity contribution in [1.29, 1.82) is 0 Å². The zero-order valence-corrected chi connectivity index (χ0v) is 16.7. The van der Waals surface area contributed by atoms with E-state index in [9.17, 15) is 4.39 Å². The van der Waals surface area contributed by atoms with Crippen molar-refractivity contribution >= 4 is 23.1 Å². The number of thioether (sulfide) groups is 1. The number of hydrogen-bond donors (Lipinski definition) is 0. The normalized spacial score (nSPS) is 10.9. The van der Waals surface area contributed by atoms with Crippen molar-refractivity contribution in [3.8, 4) is 5.75 Å². The number of ether oxygens (including phenoxy) is 1. The van der Waals surface area contributed by atoms with Gasteiger partial charge in [0.15, 0.2) is 22.5 Å². The van der Waals surface area contributed by atoms with Crippen LogP contribution in [0.15, 0.2) is 47.5 Å². The number of aryl methyl sites for hydroxylation is 1. The van der Waals surface area contributed by atoms with Crippen LogP contribution < -0.4 is 4.74 Å². The number of hydrogen-bond acceptors (Lipinski definition) is 6. The second-order valence-electron chi connectivity index (χ2n) is 5.79. The number of allylic oxidation sites excluding steroid dienone is 1. The Morgan fingerprint density at radius 2 is 2.19 bits per heavy atom. The Hall–Kier alpha value is -2.19. The highest BCUT2D eigenvalue weighted by Crippen LogP contribution is 2.24. The van der Waals surface area contributed by atoms with E-state index >= 15 is 0 Å². The van der Waals surface area contributed by atoms with Crippen LogP contribution in [0.2, 0.25) is 0 Å². The molecule has 0 amide bonds. The van der Waals surface area contributed by atoms with Gasteiger partial charge in [0.05, 0.1) is 10.7 Å². The molecule has 1 aromatic carbocycles. The minimum Gasteiger partial charge on any atom is -0.483 e. The average molecular weight is 405 g/mol. The number of rotatable bonds is 10. The molecule has 5 nitrogen and oxygen atoms in total. The van der Waals surface area contributed by atoms with Gasteiger partial charge in [-0.05, 0) is 25.0 Å². The first-order chi connectivity index (χ1) is 13.2. The topological polar surface area (TPSA) is 52.8 Å². The van der Waals surface area contributed by atoms with E-state index in [0.29, 0.717) is 12.4 Å². The molecule has 0 saturated heterocycles. The van der Waals surface area contributed by atoms with E-state index in [1.807, 2.05) is 4.57 Å². The van der Waals surface area contributed by atoms with Gasteiger partial charge in [-0.2, -0.15) is 0 Å². The largest absolute Gasteiger partial charge is 0.483 e. The minimum atomic E-state index is -0.395. The van der Waals surface area contributed by atoms with Gasteiger partial charge in [0.2, 0.25) is 0 Å². The van der Waals surface area contributed by atoms with Crippen LogP contribution in [-0.2, 0) is 25.3 Å². The Bertz CT molecular complexity index is 893. The summed E-state index contributed by atoms with van der Waals surface area (Å²) in [6.07, 6.45) is 3.89. The van der Waals surface area contributed by atoms with Gasteiger partial charge in [-0.15, -0.1) is 28.1 Å². The van der Waals surface area contributed by atoms with Gasteiger partial charge in [0, 0.05) is 17.7 Å². The first-order valence-electron chi connectivity index (χ1n) is 8.67. The lowest BCUT2D eigenvalue weighted by Crippen LogP contribution is -2.08. The minimum absolute atomic E-state index is 0.139. The Balaban J connectivity index is 1.66. The van der Waals surface area contributed by atoms with Crippen LogP contribution in [0.25, 0.3) is 0 Å². The van der Waals surface area contributed by atoms with Crippen LogP contribution in [0.5, 0.6) is 5.75 Å². The maximum atomic E-state index is 13.7. The number of para-hydroxylation sites is 1. The number of benzene rings is 1. The van der Waals surface area contributed by atoms with E-state index in [2.05, 4.69) is 34.1 Å². The van der Waals surface area contributed by atoms with E-state index in [1.165, 1.54) is 11.1 Å². The van der Waals surface area contributed by atoms with Crippen LogP contribution in [0.3, 0.4) is 0 Å². The fraction of sp³-hybridized carbons (Fsp3) is 0.316. The molecule has 0 saturated carbocycles. The summed E-state index contributed by atoms with van der Waals surface area (Å²) in [5.74, 6) is 1.16. The maximum Gasteiger partial charge on any atom is 0.191 e. The quantitative estimate of drug-likeness (QED) is 0.356. The molecule has 2 aromatic heterocycles. The molecule has 0 N–H and O–H groups in total. The molecule has 3 aromatic rings. The first-order valence-corrected chi connectivity index (χ1v) is 10.5. The summed E-state index contributed by atoms with van der Waals surface area (Å²) >= 11 is 3.27. The number of thiazole rings is 1. The van der Waals surface area contributed by atoms with E-state index in [1.54, 1.807) is 47.4 Å². The van der Waals surface area contributed by atoms with Crippen LogP contribution in [-0.4, -0.2) is 19.7 Å². The molecule has 0 aliphatic heterocycles. The molecule has 0 spiro atoms. The molecule has 142 valence electrons. The summed E-state index contributed by atoms with van der Waals surface area (Å²) in [6, 6.07) is 6.32. The molecule has 8 heteroatoms. The van der Waals surface area contributed by atoms with Crippen molar-refractivity contribution in [3.05, 3.63) is 64.6 Å². The molecule has 0 radical (unpaired) electrons. The van der Waals surface area contributed by atoms with Crippen LogP contribution in [0.1, 0.15) is 29.9 Å². The van der Waals surface area contributed by atoms with Gasteiger partial charge in [-0.3, -0.25) is 4.57 Å². The zero-order valence-electron chi connectivity index (χ0n) is 15.1. The highest BCUT2D eigenvalue weighted by atomic mass is 32.2. The molecule has 2 heterocycles. The van der Waals surface area contributed by atoms with Crippen LogP contribution in [0, 0.1) is 5.82 Å². The second kappa shape index (κ2) is 9.66. The summed E-state index contributed by atoms with van der Waals surface area (Å²) in [6.45, 7) is 6.64. The smallest absolute Gasteiger partial charge is 0.191 e. The highest BCUT2D eigenvalue weighted by molar-refractivity contribution is 7.98. The third kappa shape index (κ3) is 5.17. The summed E-state index contributed by atoms with van der Waals surface area (Å²) in [5, 5.41) is 12.5. The fourth-order valence-corrected chi connectivity index (χ4v) is 4.30. The SMILES string of the molecule is C=CCn1c(COc2ccccc2F)nnc1SCc1csc(CCC)n1. The van der Waals surface area contributed by atoms with Gasteiger partial charge in [0.1, 0.15) is 6.61 Å². The highest BCUT2D eigenvalue weighted by Gasteiger charge is 2.14. The summed E-state index contributed by atoms with van der Waals surface area (Å²) in [5.41, 5.74) is 1.05. The third-order valence-corrected chi connectivity index (χ3v) is 5.67. The van der Waals surface area contributed by atoms with Gasteiger partial charge < -0.3 is 4.74 Å².